The number of tetrazole rings is 1. The van der Waals surface area contributed by atoms with Crippen LogP contribution in [0.1, 0.15) is 28.6 Å². The third-order valence-electron chi connectivity index (χ3n) is 5.44. The molecule has 2 aromatic carbocycles. The standard InChI is InChI=1S/C21H22F3N5O3S/c1-15-2-8-18(9-3-15)33(30,31)14-29-20(25-26-27-29)19(28-10-12-32-13-11-28)16-4-6-17(7-5-16)21(22,23)24/h2-9,19H,10-14H2,1H3. The summed E-state index contributed by atoms with van der Waals surface area (Å²) in [6.07, 6.45) is -4.46. The number of aromatic nitrogens is 4. The Morgan fingerprint density at radius 2 is 1.67 bits per heavy atom. The van der Waals surface area contributed by atoms with E-state index in [1.807, 2.05) is 11.8 Å². The van der Waals surface area contributed by atoms with E-state index in [4.69, 9.17) is 4.74 Å². The Morgan fingerprint density at radius 3 is 2.27 bits per heavy atom. The van der Waals surface area contributed by atoms with Gasteiger partial charge in [-0.25, -0.2) is 13.1 Å². The van der Waals surface area contributed by atoms with Gasteiger partial charge < -0.3 is 4.74 Å². The van der Waals surface area contributed by atoms with Crippen molar-refractivity contribution in [2.45, 2.75) is 29.9 Å². The Balaban J connectivity index is 1.70. The molecule has 1 aliphatic heterocycles. The molecule has 8 nitrogen and oxygen atoms in total. The maximum Gasteiger partial charge on any atom is 0.416 e. The third kappa shape index (κ3) is 5.23. The van der Waals surface area contributed by atoms with E-state index in [-0.39, 0.29) is 10.7 Å². The number of ether oxygens (including phenoxy) is 1. The van der Waals surface area contributed by atoms with Gasteiger partial charge in [0.05, 0.1) is 29.7 Å². The number of hydrogen-bond acceptors (Lipinski definition) is 7. The molecular weight excluding hydrogens is 459 g/mol. The second kappa shape index (κ2) is 9.20. The number of benzene rings is 2. The highest BCUT2D eigenvalue weighted by molar-refractivity contribution is 7.90. The summed E-state index contributed by atoms with van der Waals surface area (Å²) in [4.78, 5) is 2.10. The van der Waals surface area contributed by atoms with E-state index in [0.717, 1.165) is 17.7 Å². The lowest BCUT2D eigenvalue weighted by Gasteiger charge is -2.34. The molecule has 2 heterocycles. The quantitative estimate of drug-likeness (QED) is 0.535. The van der Waals surface area contributed by atoms with Crippen LogP contribution < -0.4 is 0 Å². The molecular formula is C21H22F3N5O3S. The Hall–Kier alpha value is -2.83. The number of rotatable bonds is 6. The van der Waals surface area contributed by atoms with Crippen molar-refractivity contribution in [1.82, 2.24) is 25.1 Å². The topological polar surface area (TPSA) is 90.2 Å². The zero-order valence-corrected chi connectivity index (χ0v) is 18.6. The number of nitrogens with zero attached hydrogens (tertiary/aromatic N) is 5. The van der Waals surface area contributed by atoms with Crippen LogP contribution in [0.5, 0.6) is 0 Å². The minimum atomic E-state index is -4.46. The lowest BCUT2D eigenvalue weighted by molar-refractivity contribution is -0.137. The SMILES string of the molecule is Cc1ccc(S(=O)(=O)Cn2nnnc2C(c2ccc(C(F)(F)F)cc2)N2CCOCC2)cc1. The van der Waals surface area contributed by atoms with Gasteiger partial charge in [0, 0.05) is 13.1 Å². The lowest BCUT2D eigenvalue weighted by atomic mass is 10.0. The average Bonchev–Trinajstić information content (AvgIpc) is 3.21. The molecule has 176 valence electrons. The molecule has 1 unspecified atom stereocenters. The largest absolute Gasteiger partial charge is 0.416 e. The van der Waals surface area contributed by atoms with Crippen LogP contribution in [0.15, 0.2) is 53.4 Å². The van der Waals surface area contributed by atoms with Crippen molar-refractivity contribution in [3.8, 4) is 0 Å². The minimum absolute atomic E-state index is 0.131. The van der Waals surface area contributed by atoms with Gasteiger partial charge in [0.15, 0.2) is 21.5 Å². The number of halogens is 3. The Labute approximate surface area is 188 Å². The van der Waals surface area contributed by atoms with Crippen LogP contribution in [-0.2, 0) is 26.6 Å². The molecule has 1 atom stereocenters. The number of morpholine rings is 1. The molecule has 0 aliphatic carbocycles. The summed E-state index contributed by atoms with van der Waals surface area (Å²) in [6, 6.07) is 10.5. The number of hydrogen-bond donors (Lipinski definition) is 0. The van der Waals surface area contributed by atoms with E-state index >= 15 is 0 Å². The van der Waals surface area contributed by atoms with Crippen molar-refractivity contribution in [3.05, 3.63) is 71.0 Å². The molecule has 33 heavy (non-hydrogen) atoms. The van der Waals surface area contributed by atoms with Gasteiger partial charge in [0.25, 0.3) is 0 Å². The van der Waals surface area contributed by atoms with Gasteiger partial charge in [-0.2, -0.15) is 13.2 Å². The third-order valence-corrected chi connectivity index (χ3v) is 7.02. The van der Waals surface area contributed by atoms with Crippen molar-refractivity contribution in [2.24, 2.45) is 0 Å². The predicted molar refractivity (Wildman–Crippen MR) is 112 cm³/mol. The molecule has 0 spiro atoms. The lowest BCUT2D eigenvalue weighted by Crippen LogP contribution is -2.40. The van der Waals surface area contributed by atoms with E-state index < -0.39 is 33.5 Å². The van der Waals surface area contributed by atoms with Crippen LogP contribution in [0.4, 0.5) is 13.2 Å². The van der Waals surface area contributed by atoms with E-state index in [0.29, 0.717) is 31.9 Å². The first-order valence-corrected chi connectivity index (χ1v) is 11.8. The maximum atomic E-state index is 13.1. The van der Waals surface area contributed by atoms with Gasteiger partial charge in [-0.15, -0.1) is 5.10 Å². The molecule has 0 saturated carbocycles. The fourth-order valence-electron chi connectivity index (χ4n) is 3.69. The normalized spacial score (nSPS) is 16.6. The van der Waals surface area contributed by atoms with Crippen LogP contribution in [-0.4, -0.2) is 59.8 Å². The van der Waals surface area contributed by atoms with Gasteiger partial charge in [-0.1, -0.05) is 29.8 Å². The van der Waals surface area contributed by atoms with Crippen molar-refractivity contribution in [2.75, 3.05) is 26.3 Å². The highest BCUT2D eigenvalue weighted by Crippen LogP contribution is 2.33. The summed E-state index contributed by atoms with van der Waals surface area (Å²) in [5, 5.41) is 11.6. The first-order chi connectivity index (χ1) is 15.6. The molecule has 12 heteroatoms. The fourth-order valence-corrected chi connectivity index (χ4v) is 4.90. The van der Waals surface area contributed by atoms with Crippen molar-refractivity contribution < 1.29 is 26.3 Å². The van der Waals surface area contributed by atoms with Gasteiger partial charge in [-0.05, 0) is 47.2 Å². The number of sulfone groups is 1. The molecule has 0 N–H and O–H groups in total. The zero-order chi connectivity index (χ0) is 23.6. The monoisotopic (exact) mass is 481 g/mol. The molecule has 1 fully saturated rings. The molecule has 0 amide bonds. The van der Waals surface area contributed by atoms with Crippen molar-refractivity contribution in [3.63, 3.8) is 0 Å². The summed E-state index contributed by atoms with van der Waals surface area (Å²) in [7, 11) is -3.77. The smallest absolute Gasteiger partial charge is 0.379 e. The second-order valence-corrected chi connectivity index (χ2v) is 9.72. The molecule has 4 rings (SSSR count). The Bertz CT molecular complexity index is 1190. The molecule has 1 aromatic heterocycles. The maximum absolute atomic E-state index is 13.1. The first-order valence-electron chi connectivity index (χ1n) is 10.2. The van der Waals surface area contributed by atoms with Gasteiger partial charge in [-0.3, -0.25) is 4.90 Å². The molecule has 1 saturated heterocycles. The fraction of sp³-hybridized carbons (Fsp3) is 0.381. The summed E-state index contributed by atoms with van der Waals surface area (Å²) in [5.41, 5.74) is 0.675. The average molecular weight is 482 g/mol. The highest BCUT2D eigenvalue weighted by Gasteiger charge is 2.33. The minimum Gasteiger partial charge on any atom is -0.379 e. The summed E-state index contributed by atoms with van der Waals surface area (Å²) < 4.78 is 71.7. The van der Waals surface area contributed by atoms with Crippen LogP contribution in [0.3, 0.4) is 0 Å². The number of aryl methyl sites for hydroxylation is 1. The predicted octanol–water partition coefficient (Wildman–Crippen LogP) is 2.85. The van der Waals surface area contributed by atoms with E-state index in [2.05, 4.69) is 15.5 Å². The van der Waals surface area contributed by atoms with Gasteiger partial charge in [0.2, 0.25) is 0 Å². The summed E-state index contributed by atoms with van der Waals surface area (Å²) >= 11 is 0. The summed E-state index contributed by atoms with van der Waals surface area (Å²) in [5.74, 6) is -0.271. The molecule has 1 aliphatic rings. The first kappa shape index (κ1) is 23.3. The van der Waals surface area contributed by atoms with Crippen LogP contribution in [0.2, 0.25) is 0 Å². The zero-order valence-electron chi connectivity index (χ0n) is 17.7. The van der Waals surface area contributed by atoms with Gasteiger partial charge >= 0.3 is 6.18 Å². The highest BCUT2D eigenvalue weighted by atomic mass is 32.2. The number of alkyl halides is 3. The summed E-state index contributed by atoms with van der Waals surface area (Å²) in [6.45, 7) is 3.69. The van der Waals surface area contributed by atoms with Gasteiger partial charge in [0.1, 0.15) is 0 Å². The van der Waals surface area contributed by atoms with Crippen LogP contribution >= 0.6 is 0 Å². The van der Waals surface area contributed by atoms with Crippen molar-refractivity contribution in [1.29, 1.82) is 0 Å². The van der Waals surface area contributed by atoms with Crippen LogP contribution in [0.25, 0.3) is 0 Å². The van der Waals surface area contributed by atoms with E-state index in [1.54, 1.807) is 12.1 Å². The Morgan fingerprint density at radius 1 is 1.03 bits per heavy atom. The second-order valence-electron chi connectivity index (χ2n) is 7.76. The molecule has 0 radical (unpaired) electrons. The van der Waals surface area contributed by atoms with Crippen molar-refractivity contribution >= 4 is 9.84 Å². The molecule has 0 bridgehead atoms. The van der Waals surface area contributed by atoms with E-state index in [9.17, 15) is 21.6 Å². The van der Waals surface area contributed by atoms with E-state index in [1.165, 1.54) is 28.9 Å². The van der Waals surface area contributed by atoms with Crippen LogP contribution in [0, 0.1) is 6.92 Å². The Kier molecular flexibility index (Phi) is 6.50. The molecule has 3 aromatic rings.